The van der Waals surface area contributed by atoms with E-state index in [1.54, 1.807) is 5.57 Å². The molecule has 0 bridgehead atoms. The summed E-state index contributed by atoms with van der Waals surface area (Å²) in [5.41, 5.74) is 4.38. The second-order valence-electron chi connectivity index (χ2n) is 10.9. The van der Waals surface area contributed by atoms with Crippen molar-refractivity contribution >= 4 is 0 Å². The summed E-state index contributed by atoms with van der Waals surface area (Å²) in [5.74, 6) is 2.32. The highest BCUT2D eigenvalue weighted by molar-refractivity contribution is 5.36. The summed E-state index contributed by atoms with van der Waals surface area (Å²) in [7, 11) is 0. The van der Waals surface area contributed by atoms with Crippen LogP contribution in [0.1, 0.15) is 91.9 Å². The second kappa shape index (κ2) is 9.52. The lowest BCUT2D eigenvalue weighted by Gasteiger charge is -2.45. The van der Waals surface area contributed by atoms with Crippen LogP contribution in [0.3, 0.4) is 0 Å². The van der Waals surface area contributed by atoms with Crippen molar-refractivity contribution < 1.29 is 10.2 Å². The van der Waals surface area contributed by atoms with Gasteiger partial charge >= 0.3 is 0 Å². The van der Waals surface area contributed by atoms with Gasteiger partial charge in [-0.15, -0.1) is 0 Å². The minimum Gasteiger partial charge on any atom is -0.393 e. The molecule has 0 saturated heterocycles. The van der Waals surface area contributed by atoms with Crippen molar-refractivity contribution in [1.82, 2.24) is 0 Å². The van der Waals surface area contributed by atoms with Crippen LogP contribution in [0.2, 0.25) is 0 Å². The smallest absolute Gasteiger partial charge is 0.0583 e. The van der Waals surface area contributed by atoms with E-state index in [1.807, 2.05) is 0 Å². The fourth-order valence-electron chi connectivity index (χ4n) is 6.57. The molecule has 0 aromatic heterocycles. The second-order valence-corrected chi connectivity index (χ2v) is 10.9. The number of hydrogen-bond donors (Lipinski definition) is 2. The largest absolute Gasteiger partial charge is 0.393 e. The van der Waals surface area contributed by atoms with Crippen LogP contribution in [0.4, 0.5) is 0 Å². The number of aliphatic hydroxyl groups is 2. The Kier molecular flexibility index (Phi) is 7.49. The molecular weight excluding hydrogens is 356 g/mol. The molecule has 29 heavy (non-hydrogen) atoms. The van der Waals surface area contributed by atoms with Gasteiger partial charge in [0.25, 0.3) is 0 Å². The van der Waals surface area contributed by atoms with E-state index in [1.165, 1.54) is 43.3 Å². The van der Waals surface area contributed by atoms with Gasteiger partial charge in [0, 0.05) is 0 Å². The number of hydrogen-bond acceptors (Lipinski definition) is 2. The molecule has 0 spiro atoms. The third-order valence-electron chi connectivity index (χ3n) is 8.51. The number of rotatable bonds is 6. The van der Waals surface area contributed by atoms with Crippen LogP contribution in [-0.4, -0.2) is 22.4 Å². The van der Waals surface area contributed by atoms with Crippen molar-refractivity contribution in [2.45, 2.75) is 104 Å². The molecule has 3 saturated carbocycles. The zero-order chi connectivity index (χ0) is 21.2. The Labute approximate surface area is 179 Å². The molecule has 0 amide bonds. The molecule has 0 unspecified atom stereocenters. The van der Waals surface area contributed by atoms with Crippen LogP contribution in [0.15, 0.2) is 35.5 Å². The Bertz CT molecular complexity index is 643. The van der Waals surface area contributed by atoms with Crippen LogP contribution >= 0.6 is 0 Å². The van der Waals surface area contributed by atoms with Gasteiger partial charge in [-0.25, -0.2) is 0 Å². The van der Waals surface area contributed by atoms with Crippen molar-refractivity contribution in [1.29, 1.82) is 0 Å². The highest BCUT2D eigenvalue weighted by Gasteiger charge is 2.51. The van der Waals surface area contributed by atoms with Gasteiger partial charge < -0.3 is 10.2 Å². The van der Waals surface area contributed by atoms with Gasteiger partial charge in [0.1, 0.15) is 0 Å². The Hall–Kier alpha value is -0.860. The van der Waals surface area contributed by atoms with Gasteiger partial charge in [-0.05, 0) is 98.9 Å². The molecule has 0 radical (unpaired) electrons. The Morgan fingerprint density at radius 3 is 2.59 bits per heavy atom. The highest BCUT2D eigenvalue weighted by Crippen LogP contribution is 2.60. The standard InChI is InChI=1S/C27H44O2/c1-18(2)8-15-26(29)20(4)24-13-14-25-21(7-6-16-27(24,25)5)10-11-22-17-23(28)12-9-19(22)3/h10-11,18,20,23-26,28-29H,3,6-9,12-17H2,1-2,4-5H3/b21-10+,22-11-/t20-,23-,24+,25-,26-,27+/m0/s1. The first-order chi connectivity index (χ1) is 13.7. The molecule has 6 atom stereocenters. The van der Waals surface area contributed by atoms with Gasteiger partial charge in [0.2, 0.25) is 0 Å². The maximum Gasteiger partial charge on any atom is 0.0583 e. The minimum atomic E-state index is -0.203. The molecule has 2 N–H and O–H groups in total. The Balaban J connectivity index is 1.73. The number of allylic oxidation sites excluding steroid dienone is 4. The van der Waals surface area contributed by atoms with E-state index in [4.69, 9.17) is 0 Å². The molecule has 2 nitrogen and oxygen atoms in total. The third-order valence-corrected chi connectivity index (χ3v) is 8.51. The predicted octanol–water partition coefficient (Wildman–Crippen LogP) is 6.59. The van der Waals surface area contributed by atoms with Crippen LogP contribution in [0, 0.1) is 29.1 Å². The normalized spacial score (nSPS) is 37.9. The van der Waals surface area contributed by atoms with Gasteiger partial charge in [0.15, 0.2) is 0 Å². The number of aliphatic hydroxyl groups excluding tert-OH is 2. The van der Waals surface area contributed by atoms with Crippen LogP contribution in [0.25, 0.3) is 0 Å². The van der Waals surface area contributed by atoms with Gasteiger partial charge in [-0.1, -0.05) is 57.6 Å². The highest BCUT2D eigenvalue weighted by atomic mass is 16.3. The molecular formula is C27H44O2. The first-order valence-corrected chi connectivity index (χ1v) is 12.2. The zero-order valence-electron chi connectivity index (χ0n) is 19.3. The molecule has 0 aliphatic heterocycles. The maximum atomic E-state index is 10.9. The summed E-state index contributed by atoms with van der Waals surface area (Å²) >= 11 is 0. The van der Waals surface area contributed by atoms with Crippen molar-refractivity contribution in [2.75, 3.05) is 0 Å². The molecule has 0 heterocycles. The van der Waals surface area contributed by atoms with E-state index in [9.17, 15) is 10.2 Å². The SMILES string of the molecule is C=C1CC[C@H](O)C/C1=C/C=C1\CCC[C@]2(C)[C@@H]([C@H](C)[C@@H](O)CCC(C)C)CC[C@@H]12. The van der Waals surface area contributed by atoms with Crippen molar-refractivity contribution in [2.24, 2.45) is 29.1 Å². The first kappa shape index (κ1) is 22.8. The monoisotopic (exact) mass is 400 g/mol. The van der Waals surface area contributed by atoms with Gasteiger partial charge in [0.05, 0.1) is 12.2 Å². The van der Waals surface area contributed by atoms with E-state index in [0.717, 1.165) is 32.1 Å². The molecule has 3 aliphatic rings. The molecule has 0 aromatic rings. The van der Waals surface area contributed by atoms with Crippen LogP contribution < -0.4 is 0 Å². The fraction of sp³-hybridized carbons (Fsp3) is 0.778. The summed E-state index contributed by atoms with van der Waals surface area (Å²) in [6, 6.07) is 0. The molecule has 2 heteroatoms. The third kappa shape index (κ3) is 5.07. The average Bonchev–Trinajstić information content (AvgIpc) is 3.03. The first-order valence-electron chi connectivity index (χ1n) is 12.2. The lowest BCUT2D eigenvalue weighted by atomic mass is 9.60. The van der Waals surface area contributed by atoms with Gasteiger partial charge in [-0.2, -0.15) is 0 Å². The summed E-state index contributed by atoms with van der Waals surface area (Å²) < 4.78 is 0. The van der Waals surface area contributed by atoms with E-state index in [0.29, 0.717) is 29.1 Å². The summed E-state index contributed by atoms with van der Waals surface area (Å²) in [5, 5.41) is 20.9. The summed E-state index contributed by atoms with van der Waals surface area (Å²) in [6.45, 7) is 13.5. The Morgan fingerprint density at radius 2 is 1.86 bits per heavy atom. The molecule has 3 rings (SSSR count). The van der Waals surface area contributed by atoms with E-state index in [2.05, 4.69) is 46.4 Å². The lowest BCUT2D eigenvalue weighted by molar-refractivity contribution is 0.0147. The fourth-order valence-corrected chi connectivity index (χ4v) is 6.57. The molecule has 3 aliphatic carbocycles. The van der Waals surface area contributed by atoms with Crippen molar-refractivity contribution in [3.8, 4) is 0 Å². The topological polar surface area (TPSA) is 40.5 Å². The summed E-state index contributed by atoms with van der Waals surface area (Å²) in [6.07, 6.45) is 15.1. The Morgan fingerprint density at radius 1 is 1.10 bits per heavy atom. The minimum absolute atomic E-state index is 0.165. The van der Waals surface area contributed by atoms with Crippen molar-refractivity contribution in [3.63, 3.8) is 0 Å². The van der Waals surface area contributed by atoms with E-state index < -0.39 is 0 Å². The van der Waals surface area contributed by atoms with Crippen LogP contribution in [-0.2, 0) is 0 Å². The van der Waals surface area contributed by atoms with Crippen molar-refractivity contribution in [3.05, 3.63) is 35.5 Å². The molecule has 3 fully saturated rings. The summed E-state index contributed by atoms with van der Waals surface area (Å²) in [4.78, 5) is 0. The lowest BCUT2D eigenvalue weighted by Crippen LogP contribution is -2.39. The van der Waals surface area contributed by atoms with E-state index in [-0.39, 0.29) is 12.2 Å². The van der Waals surface area contributed by atoms with Gasteiger partial charge in [-0.3, -0.25) is 0 Å². The predicted molar refractivity (Wildman–Crippen MR) is 123 cm³/mol. The zero-order valence-corrected chi connectivity index (χ0v) is 19.3. The molecule has 0 aromatic carbocycles. The molecule has 164 valence electrons. The van der Waals surface area contributed by atoms with E-state index >= 15 is 0 Å². The number of fused-ring (bicyclic) bond motifs is 1. The van der Waals surface area contributed by atoms with Crippen LogP contribution in [0.5, 0.6) is 0 Å². The maximum absolute atomic E-state index is 10.9. The quantitative estimate of drug-likeness (QED) is 0.528. The average molecular weight is 401 g/mol.